The molecule has 0 aliphatic carbocycles. The van der Waals surface area contributed by atoms with E-state index in [4.69, 9.17) is 5.11 Å². The van der Waals surface area contributed by atoms with E-state index in [1.807, 2.05) is 0 Å². The summed E-state index contributed by atoms with van der Waals surface area (Å²) in [5.41, 5.74) is 0. The number of rotatable bonds is 3. The Kier molecular flexibility index (Phi) is 10.0. The molecule has 0 bridgehead atoms. The fourth-order valence-corrected chi connectivity index (χ4v) is 0.627. The summed E-state index contributed by atoms with van der Waals surface area (Å²) in [6, 6.07) is 0. The summed E-state index contributed by atoms with van der Waals surface area (Å²) in [5, 5.41) is 8.93. The number of aliphatic hydroxyl groups is 1. The van der Waals surface area contributed by atoms with Gasteiger partial charge in [-0.25, -0.2) is 0 Å². The van der Waals surface area contributed by atoms with Crippen LogP contribution in [0.3, 0.4) is 0 Å². The van der Waals surface area contributed by atoms with Crippen LogP contribution in [0.15, 0.2) is 0 Å². The maximum Gasteiger partial charge on any atom is 2.00 e. The Hall–Kier alpha value is 1.01. The molecule has 0 unspecified atom stereocenters. The van der Waals surface area contributed by atoms with Crippen LogP contribution >= 0.6 is 0 Å². The van der Waals surface area contributed by atoms with Gasteiger partial charge in [-0.05, 0) is 6.92 Å². The second-order valence-corrected chi connectivity index (χ2v) is 2.08. The van der Waals surface area contributed by atoms with Gasteiger partial charge in [0, 0.05) is 6.10 Å². The molecule has 0 aromatic heterocycles. The fraction of sp³-hybridized carbons (Fsp3) is 0.714. The predicted octanol–water partition coefficient (Wildman–Crippen LogP) is 1.43. The molecule has 0 aliphatic heterocycles. The maximum atomic E-state index is 8.93. The van der Waals surface area contributed by atoms with Gasteiger partial charge in [0.05, 0.1) is 0 Å². The van der Waals surface area contributed by atoms with Crippen molar-refractivity contribution in [3.05, 3.63) is 13.8 Å². The van der Waals surface area contributed by atoms with Gasteiger partial charge in [-0.2, -0.15) is 12.8 Å². The Morgan fingerprint density at radius 2 is 1.67 bits per heavy atom. The zero-order chi connectivity index (χ0) is 6.57. The third-order valence-corrected chi connectivity index (χ3v) is 1.42. The van der Waals surface area contributed by atoms with Crippen LogP contribution in [-0.4, -0.2) is 11.2 Å². The van der Waals surface area contributed by atoms with Crippen molar-refractivity contribution >= 4 is 0 Å². The molecule has 0 saturated heterocycles. The van der Waals surface area contributed by atoms with Crippen molar-refractivity contribution in [2.75, 3.05) is 0 Å². The molecule has 0 fully saturated rings. The standard InChI is InChI=1S/C7H14O.U/c1-4-7(5-2)6(3)8;/h6-8H,1-2,4-5H2,3H3;/q-2;+2/t6-;/m0./s1. The average Bonchev–Trinajstić information content (AvgIpc) is 1.69. The first-order valence-corrected chi connectivity index (χ1v) is 2.99. The van der Waals surface area contributed by atoms with E-state index in [1.165, 1.54) is 0 Å². The molecule has 0 aromatic carbocycles. The van der Waals surface area contributed by atoms with Crippen molar-refractivity contribution < 1.29 is 36.2 Å². The number of aliphatic hydroxyl groups excluding tert-OH is 1. The number of hydrogen-bond donors (Lipinski definition) is 1. The Bertz CT molecular complexity index is 50.9. The van der Waals surface area contributed by atoms with E-state index in [-0.39, 0.29) is 43.1 Å². The fourth-order valence-electron chi connectivity index (χ4n) is 0.627. The van der Waals surface area contributed by atoms with E-state index >= 15 is 0 Å². The molecule has 0 saturated carbocycles. The van der Waals surface area contributed by atoms with Gasteiger partial charge in [0.2, 0.25) is 0 Å². The Morgan fingerprint density at radius 3 is 1.67 bits per heavy atom. The first-order chi connectivity index (χ1) is 3.72. The van der Waals surface area contributed by atoms with Crippen LogP contribution in [0.4, 0.5) is 0 Å². The topological polar surface area (TPSA) is 20.2 Å². The van der Waals surface area contributed by atoms with Crippen molar-refractivity contribution in [3.8, 4) is 0 Å². The van der Waals surface area contributed by atoms with E-state index in [0.717, 1.165) is 12.8 Å². The summed E-state index contributed by atoms with van der Waals surface area (Å²) in [5.74, 6) is 0.287. The second-order valence-electron chi connectivity index (χ2n) is 2.08. The SMILES string of the molecule is [CH2-]CC(C[CH2-])[C@H](C)O.[U+2]. The Balaban J connectivity index is 0. The third kappa shape index (κ3) is 5.46. The van der Waals surface area contributed by atoms with Crippen LogP contribution in [0.2, 0.25) is 0 Å². The second kappa shape index (κ2) is 7.12. The van der Waals surface area contributed by atoms with Crippen molar-refractivity contribution in [1.82, 2.24) is 0 Å². The van der Waals surface area contributed by atoms with Crippen molar-refractivity contribution in [2.24, 2.45) is 5.92 Å². The normalized spacial score (nSPS) is 13.0. The average molecular weight is 352 g/mol. The summed E-state index contributed by atoms with van der Waals surface area (Å²) in [6.07, 6.45) is 1.31. The van der Waals surface area contributed by atoms with Crippen LogP contribution in [-0.2, 0) is 0 Å². The van der Waals surface area contributed by atoms with Crippen LogP contribution in [0.5, 0.6) is 0 Å². The van der Waals surface area contributed by atoms with Gasteiger partial charge in [-0.3, -0.25) is 0 Å². The van der Waals surface area contributed by atoms with Gasteiger partial charge in [-0.1, -0.05) is 5.92 Å². The molecule has 0 rings (SSSR count). The van der Waals surface area contributed by atoms with Crippen LogP contribution in [0.25, 0.3) is 0 Å². The summed E-state index contributed by atoms with van der Waals surface area (Å²) in [7, 11) is 0. The van der Waals surface area contributed by atoms with E-state index < -0.39 is 0 Å². The molecule has 1 nitrogen and oxygen atoms in total. The maximum absolute atomic E-state index is 8.93. The molecule has 52 valence electrons. The summed E-state index contributed by atoms with van der Waals surface area (Å²) in [4.78, 5) is 0. The molecule has 0 heterocycles. The Labute approximate surface area is 81.6 Å². The quantitative estimate of drug-likeness (QED) is 0.762. The predicted molar refractivity (Wildman–Crippen MR) is 35.1 cm³/mol. The van der Waals surface area contributed by atoms with Gasteiger partial charge in [0.15, 0.2) is 0 Å². The molecule has 0 amide bonds. The molecular formula is C7H14OU. The molecule has 1 N–H and O–H groups in total. The summed E-state index contributed by atoms with van der Waals surface area (Å²) in [6.45, 7) is 9.14. The minimum absolute atomic E-state index is 0. The summed E-state index contributed by atoms with van der Waals surface area (Å²) >= 11 is 0. The smallest absolute Gasteiger partial charge is 0.393 e. The van der Waals surface area contributed by atoms with Gasteiger partial charge in [0.25, 0.3) is 0 Å². The zero-order valence-electron chi connectivity index (χ0n) is 5.93. The third-order valence-electron chi connectivity index (χ3n) is 1.42. The van der Waals surface area contributed by atoms with Crippen LogP contribution in [0, 0.1) is 50.9 Å². The molecule has 1 atom stereocenters. The summed E-state index contributed by atoms with van der Waals surface area (Å²) < 4.78 is 0. The molecular weight excluding hydrogens is 338 g/mol. The van der Waals surface area contributed by atoms with Crippen molar-refractivity contribution in [2.45, 2.75) is 25.9 Å². The molecule has 2 heteroatoms. The van der Waals surface area contributed by atoms with E-state index in [9.17, 15) is 0 Å². The largest absolute Gasteiger partial charge is 2.00 e. The minimum atomic E-state index is -0.245. The van der Waals surface area contributed by atoms with Crippen molar-refractivity contribution in [1.29, 1.82) is 0 Å². The van der Waals surface area contributed by atoms with Gasteiger partial charge in [-0.15, -0.1) is 0 Å². The van der Waals surface area contributed by atoms with Crippen molar-refractivity contribution in [3.63, 3.8) is 0 Å². The zero-order valence-corrected chi connectivity index (χ0v) is 10.1. The minimum Gasteiger partial charge on any atom is -0.393 e. The van der Waals surface area contributed by atoms with Gasteiger partial charge < -0.3 is 19.0 Å². The molecule has 9 heavy (non-hydrogen) atoms. The van der Waals surface area contributed by atoms with Crippen LogP contribution < -0.4 is 0 Å². The van der Waals surface area contributed by atoms with Gasteiger partial charge in [0.1, 0.15) is 0 Å². The van der Waals surface area contributed by atoms with Gasteiger partial charge >= 0.3 is 31.1 Å². The first-order valence-electron chi connectivity index (χ1n) is 2.99. The molecule has 0 aromatic rings. The van der Waals surface area contributed by atoms with E-state index in [1.54, 1.807) is 6.92 Å². The Morgan fingerprint density at radius 1 is 1.33 bits per heavy atom. The van der Waals surface area contributed by atoms with Crippen LogP contribution in [0.1, 0.15) is 19.8 Å². The number of hydrogen-bond acceptors (Lipinski definition) is 1. The molecule has 0 radical (unpaired) electrons. The first kappa shape index (κ1) is 12.7. The molecule has 0 aliphatic rings. The monoisotopic (exact) mass is 352 g/mol. The van der Waals surface area contributed by atoms with E-state index in [2.05, 4.69) is 13.8 Å². The van der Waals surface area contributed by atoms with E-state index in [0.29, 0.717) is 0 Å². The molecule has 0 spiro atoms.